The summed E-state index contributed by atoms with van der Waals surface area (Å²) in [7, 11) is 0. The fraction of sp³-hybridized carbons (Fsp3) is 0.700. The molecule has 0 bridgehead atoms. The maximum atomic E-state index is 10.6. The van der Waals surface area contributed by atoms with Crippen LogP contribution in [-0.4, -0.2) is 30.3 Å². The minimum Gasteiger partial charge on any atom is -0.475 e. The highest BCUT2D eigenvalue weighted by molar-refractivity contribution is 5.73. The number of allylic oxidation sites excluding steroid dienone is 1. The summed E-state index contributed by atoms with van der Waals surface area (Å²) in [6.45, 7) is 6.15. The molecule has 1 fully saturated rings. The van der Waals surface area contributed by atoms with Crippen LogP contribution in [-0.2, 0) is 4.79 Å². The van der Waals surface area contributed by atoms with E-state index in [0.717, 1.165) is 5.92 Å². The summed E-state index contributed by atoms with van der Waals surface area (Å²) < 4.78 is 31.7. The van der Waals surface area contributed by atoms with Crippen LogP contribution in [0.5, 0.6) is 0 Å². The maximum absolute atomic E-state index is 10.6. The molecule has 94 valence electrons. The van der Waals surface area contributed by atoms with Crippen molar-refractivity contribution in [3.05, 3.63) is 12.7 Å². The van der Waals surface area contributed by atoms with Crippen molar-refractivity contribution in [1.82, 2.24) is 5.32 Å². The summed E-state index contributed by atoms with van der Waals surface area (Å²) in [5.74, 6) is -1.84. The zero-order valence-corrected chi connectivity index (χ0v) is 8.89. The predicted molar refractivity (Wildman–Crippen MR) is 54.1 cm³/mol. The van der Waals surface area contributed by atoms with Gasteiger partial charge in [0.05, 0.1) is 0 Å². The maximum Gasteiger partial charge on any atom is 0.490 e. The Morgan fingerprint density at radius 3 is 2.19 bits per heavy atom. The molecule has 6 heteroatoms. The van der Waals surface area contributed by atoms with Gasteiger partial charge in [-0.25, -0.2) is 4.79 Å². The van der Waals surface area contributed by atoms with Crippen LogP contribution >= 0.6 is 0 Å². The van der Waals surface area contributed by atoms with Gasteiger partial charge in [-0.3, -0.25) is 0 Å². The number of hydrogen-bond donors (Lipinski definition) is 2. The van der Waals surface area contributed by atoms with Gasteiger partial charge in [0, 0.05) is 0 Å². The number of rotatable bonds is 2. The summed E-state index contributed by atoms with van der Waals surface area (Å²) >= 11 is 0. The molecule has 2 N–H and O–H groups in total. The molecule has 0 aromatic carbocycles. The lowest BCUT2D eigenvalue weighted by Gasteiger charge is -2.20. The van der Waals surface area contributed by atoms with Crippen molar-refractivity contribution < 1.29 is 23.1 Å². The molecule has 1 aliphatic rings. The first-order valence-corrected chi connectivity index (χ1v) is 4.99. The van der Waals surface area contributed by atoms with Crippen LogP contribution in [0, 0.1) is 5.92 Å². The van der Waals surface area contributed by atoms with Gasteiger partial charge >= 0.3 is 12.1 Å². The van der Waals surface area contributed by atoms with Crippen molar-refractivity contribution in [2.24, 2.45) is 5.92 Å². The highest BCUT2D eigenvalue weighted by Crippen LogP contribution is 2.15. The van der Waals surface area contributed by atoms with E-state index in [9.17, 15) is 13.2 Å². The summed E-state index contributed by atoms with van der Waals surface area (Å²) in [6, 6.07) is 0. The molecule has 0 aliphatic carbocycles. The molecule has 0 atom stereocenters. The third kappa shape index (κ3) is 7.28. The SMILES string of the molecule is C=CCC1CCNCC1.O=C(O)C(F)(F)F. The molecule has 0 saturated carbocycles. The largest absolute Gasteiger partial charge is 0.490 e. The van der Waals surface area contributed by atoms with E-state index >= 15 is 0 Å². The second-order valence-electron chi connectivity index (χ2n) is 3.52. The van der Waals surface area contributed by atoms with Crippen LogP contribution in [0.2, 0.25) is 0 Å². The zero-order valence-electron chi connectivity index (χ0n) is 8.89. The fourth-order valence-corrected chi connectivity index (χ4v) is 1.35. The summed E-state index contributed by atoms with van der Waals surface area (Å²) in [5, 5.41) is 10.5. The fourth-order valence-electron chi connectivity index (χ4n) is 1.35. The normalized spacial score (nSPS) is 17.2. The highest BCUT2D eigenvalue weighted by atomic mass is 19.4. The Labute approximate surface area is 92.3 Å². The van der Waals surface area contributed by atoms with E-state index in [1.165, 1.54) is 32.4 Å². The van der Waals surface area contributed by atoms with Crippen LogP contribution in [0.1, 0.15) is 19.3 Å². The van der Waals surface area contributed by atoms with Crippen LogP contribution < -0.4 is 5.32 Å². The van der Waals surface area contributed by atoms with E-state index in [1.54, 1.807) is 0 Å². The van der Waals surface area contributed by atoms with Crippen molar-refractivity contribution >= 4 is 5.97 Å². The first kappa shape index (κ1) is 15.0. The molecule has 3 nitrogen and oxygen atoms in total. The highest BCUT2D eigenvalue weighted by Gasteiger charge is 2.38. The van der Waals surface area contributed by atoms with E-state index in [0.29, 0.717) is 0 Å². The number of alkyl halides is 3. The van der Waals surface area contributed by atoms with Crippen LogP contribution in [0.4, 0.5) is 13.2 Å². The van der Waals surface area contributed by atoms with Gasteiger partial charge in [0.1, 0.15) is 0 Å². The first-order chi connectivity index (χ1) is 7.38. The number of piperidine rings is 1. The van der Waals surface area contributed by atoms with Gasteiger partial charge in [0.15, 0.2) is 0 Å². The minimum atomic E-state index is -5.08. The van der Waals surface area contributed by atoms with E-state index in [-0.39, 0.29) is 0 Å². The van der Waals surface area contributed by atoms with Gasteiger partial charge in [-0.2, -0.15) is 13.2 Å². The van der Waals surface area contributed by atoms with E-state index in [2.05, 4.69) is 11.9 Å². The molecule has 0 aromatic rings. The number of aliphatic carboxylic acids is 1. The second-order valence-corrected chi connectivity index (χ2v) is 3.52. The summed E-state index contributed by atoms with van der Waals surface area (Å²) in [4.78, 5) is 8.90. The molecule has 1 aliphatic heterocycles. The third-order valence-corrected chi connectivity index (χ3v) is 2.20. The summed E-state index contributed by atoms with van der Waals surface area (Å²) in [6.07, 6.45) is 0.843. The number of carboxylic acid groups (broad SMARTS) is 1. The first-order valence-electron chi connectivity index (χ1n) is 4.99. The van der Waals surface area contributed by atoms with Gasteiger partial charge < -0.3 is 10.4 Å². The van der Waals surface area contributed by atoms with E-state index < -0.39 is 12.1 Å². The molecule has 16 heavy (non-hydrogen) atoms. The molecule has 0 aromatic heterocycles. The molecular weight excluding hydrogens is 223 g/mol. The van der Waals surface area contributed by atoms with Crippen LogP contribution in [0.3, 0.4) is 0 Å². The molecule has 1 heterocycles. The Morgan fingerprint density at radius 1 is 1.44 bits per heavy atom. The van der Waals surface area contributed by atoms with E-state index in [4.69, 9.17) is 9.90 Å². The van der Waals surface area contributed by atoms with Gasteiger partial charge in [-0.1, -0.05) is 6.08 Å². The lowest BCUT2D eigenvalue weighted by Crippen LogP contribution is -2.27. The topological polar surface area (TPSA) is 49.3 Å². The molecule has 1 saturated heterocycles. The van der Waals surface area contributed by atoms with Crippen LogP contribution in [0.25, 0.3) is 0 Å². The monoisotopic (exact) mass is 239 g/mol. The predicted octanol–water partition coefficient (Wildman–Crippen LogP) is 2.20. The Bertz CT molecular complexity index is 223. The summed E-state index contributed by atoms with van der Waals surface area (Å²) in [5.41, 5.74) is 0. The number of carbonyl (C=O) groups is 1. The third-order valence-electron chi connectivity index (χ3n) is 2.20. The van der Waals surface area contributed by atoms with Gasteiger partial charge in [-0.05, 0) is 38.3 Å². The number of nitrogens with one attached hydrogen (secondary N) is 1. The lowest BCUT2D eigenvalue weighted by molar-refractivity contribution is -0.192. The van der Waals surface area contributed by atoms with Gasteiger partial charge in [-0.15, -0.1) is 6.58 Å². The Balaban J connectivity index is 0.000000293. The van der Waals surface area contributed by atoms with E-state index in [1.807, 2.05) is 6.08 Å². The van der Waals surface area contributed by atoms with Crippen molar-refractivity contribution in [2.75, 3.05) is 13.1 Å². The molecule has 1 rings (SSSR count). The molecule has 0 amide bonds. The van der Waals surface area contributed by atoms with Gasteiger partial charge in [0.2, 0.25) is 0 Å². The van der Waals surface area contributed by atoms with Crippen molar-refractivity contribution in [3.8, 4) is 0 Å². The number of hydrogen-bond acceptors (Lipinski definition) is 2. The quantitative estimate of drug-likeness (QED) is 0.726. The Hall–Kier alpha value is -1.04. The Kier molecular flexibility index (Phi) is 6.80. The zero-order chi connectivity index (χ0) is 12.6. The molecule has 0 unspecified atom stereocenters. The van der Waals surface area contributed by atoms with Crippen molar-refractivity contribution in [1.29, 1.82) is 0 Å². The standard InChI is InChI=1S/C8H15N.C2HF3O2/c1-2-3-8-4-6-9-7-5-8;3-2(4,5)1(6)7/h2,8-9H,1,3-7H2;(H,6,7). The number of carboxylic acids is 1. The average Bonchev–Trinajstić information content (AvgIpc) is 2.19. The van der Waals surface area contributed by atoms with Crippen molar-refractivity contribution in [3.63, 3.8) is 0 Å². The smallest absolute Gasteiger partial charge is 0.475 e. The molecular formula is C10H16F3NO2. The Morgan fingerprint density at radius 2 is 1.88 bits per heavy atom. The van der Waals surface area contributed by atoms with Crippen molar-refractivity contribution in [2.45, 2.75) is 25.4 Å². The molecule has 0 radical (unpaired) electrons. The minimum absolute atomic E-state index is 0.920. The van der Waals surface area contributed by atoms with Crippen LogP contribution in [0.15, 0.2) is 12.7 Å². The lowest BCUT2D eigenvalue weighted by atomic mass is 9.95. The number of halogens is 3. The van der Waals surface area contributed by atoms with Gasteiger partial charge in [0.25, 0.3) is 0 Å². The molecule has 0 spiro atoms. The second kappa shape index (κ2) is 7.27. The average molecular weight is 239 g/mol.